The summed E-state index contributed by atoms with van der Waals surface area (Å²) in [5.41, 5.74) is 0. The predicted molar refractivity (Wildman–Crippen MR) is 74.7 cm³/mol. The van der Waals surface area contributed by atoms with Crippen LogP contribution in [-0.4, -0.2) is 79.4 Å². The van der Waals surface area contributed by atoms with E-state index in [0.29, 0.717) is 6.54 Å². The van der Waals surface area contributed by atoms with Gasteiger partial charge in [0.2, 0.25) is 0 Å². The molecule has 0 aliphatic carbocycles. The van der Waals surface area contributed by atoms with E-state index in [1.807, 2.05) is 32.8 Å². The smallest absolute Gasteiger partial charge is 0.317 e. The van der Waals surface area contributed by atoms with Gasteiger partial charge in [-0.3, -0.25) is 4.79 Å². The maximum absolute atomic E-state index is 12.3. The highest BCUT2D eigenvalue weighted by molar-refractivity contribution is 5.77. The lowest BCUT2D eigenvalue weighted by Gasteiger charge is -2.31. The number of nitrogens with zero attached hydrogens (tertiary/aromatic N) is 2. The second-order valence-electron chi connectivity index (χ2n) is 5.45. The van der Waals surface area contributed by atoms with Gasteiger partial charge in [-0.2, -0.15) is 0 Å². The average Bonchev–Trinajstić information content (AvgIpc) is 2.77. The number of carbonyl (C=O) groups excluding carboxylic acids is 1. The van der Waals surface area contributed by atoms with Gasteiger partial charge in [-0.15, -0.1) is 0 Å². The molecule has 0 saturated carbocycles. The number of rotatable bonds is 6. The van der Waals surface area contributed by atoms with Gasteiger partial charge >= 0.3 is 12.0 Å². The molecule has 3 unspecified atom stereocenters. The van der Waals surface area contributed by atoms with Gasteiger partial charge < -0.3 is 25.0 Å². The van der Waals surface area contributed by atoms with Gasteiger partial charge in [-0.25, -0.2) is 4.79 Å². The maximum atomic E-state index is 12.3. The molecule has 2 amide bonds. The van der Waals surface area contributed by atoms with E-state index in [9.17, 15) is 9.59 Å². The lowest BCUT2D eigenvalue weighted by atomic mass is 10.0. The molecular formula is C13H25N3O4. The summed E-state index contributed by atoms with van der Waals surface area (Å²) in [4.78, 5) is 27.0. The van der Waals surface area contributed by atoms with Crippen molar-refractivity contribution in [3.63, 3.8) is 0 Å². The van der Waals surface area contributed by atoms with Crippen LogP contribution in [0.15, 0.2) is 0 Å². The predicted octanol–water partition coefficient (Wildman–Crippen LogP) is 0.0676. The van der Waals surface area contributed by atoms with E-state index in [4.69, 9.17) is 9.84 Å². The van der Waals surface area contributed by atoms with Crippen LogP contribution in [0.3, 0.4) is 0 Å². The highest BCUT2D eigenvalue weighted by Crippen LogP contribution is 2.20. The van der Waals surface area contributed by atoms with E-state index in [-0.39, 0.29) is 25.3 Å². The standard InChI is InChI=1S/C13H25N3O4/c1-5-16(11-8-20-7-10(11)12(17)18)13(19)14-9(2)6-15(3)4/h9-11H,5-8H2,1-4H3,(H,14,19)(H,17,18). The van der Waals surface area contributed by atoms with Crippen LogP contribution >= 0.6 is 0 Å². The number of carboxylic acids is 1. The van der Waals surface area contributed by atoms with E-state index >= 15 is 0 Å². The van der Waals surface area contributed by atoms with Crippen molar-refractivity contribution in [1.82, 2.24) is 15.1 Å². The Labute approximate surface area is 119 Å². The van der Waals surface area contributed by atoms with Gasteiger partial charge in [-0.1, -0.05) is 0 Å². The van der Waals surface area contributed by atoms with Gasteiger partial charge in [-0.05, 0) is 27.9 Å². The van der Waals surface area contributed by atoms with E-state index in [1.165, 1.54) is 0 Å². The number of carbonyl (C=O) groups is 2. The minimum absolute atomic E-state index is 0.00264. The van der Waals surface area contributed by atoms with Crippen molar-refractivity contribution in [1.29, 1.82) is 0 Å². The molecule has 1 heterocycles. The molecule has 1 aliphatic heterocycles. The zero-order valence-electron chi connectivity index (χ0n) is 12.6. The number of hydrogen-bond acceptors (Lipinski definition) is 4. The van der Waals surface area contributed by atoms with Crippen LogP contribution in [0.5, 0.6) is 0 Å². The Morgan fingerprint density at radius 2 is 2.05 bits per heavy atom. The molecule has 1 fully saturated rings. The third-order valence-corrected chi connectivity index (χ3v) is 3.38. The molecule has 20 heavy (non-hydrogen) atoms. The minimum atomic E-state index is -0.917. The quantitative estimate of drug-likeness (QED) is 0.722. The number of likely N-dealkylation sites (N-methyl/N-ethyl adjacent to an activating group) is 2. The summed E-state index contributed by atoms with van der Waals surface area (Å²) >= 11 is 0. The molecular weight excluding hydrogens is 262 g/mol. The molecule has 0 radical (unpaired) electrons. The van der Waals surface area contributed by atoms with Crippen LogP contribution in [0.1, 0.15) is 13.8 Å². The van der Waals surface area contributed by atoms with Crippen molar-refractivity contribution < 1.29 is 19.4 Å². The molecule has 0 aromatic heterocycles. The Morgan fingerprint density at radius 3 is 2.55 bits per heavy atom. The molecule has 1 saturated heterocycles. The molecule has 2 N–H and O–H groups in total. The van der Waals surface area contributed by atoms with Crippen LogP contribution in [-0.2, 0) is 9.53 Å². The minimum Gasteiger partial charge on any atom is -0.481 e. The van der Waals surface area contributed by atoms with Gasteiger partial charge in [0.1, 0.15) is 5.92 Å². The molecule has 0 aromatic rings. The first-order chi connectivity index (χ1) is 9.36. The molecule has 0 aromatic carbocycles. The zero-order valence-corrected chi connectivity index (χ0v) is 12.6. The molecule has 1 aliphatic rings. The third-order valence-electron chi connectivity index (χ3n) is 3.38. The molecule has 116 valence electrons. The lowest BCUT2D eigenvalue weighted by Crippen LogP contribution is -2.53. The van der Waals surface area contributed by atoms with Crippen molar-refractivity contribution in [3.8, 4) is 0 Å². The number of aliphatic carboxylic acids is 1. The van der Waals surface area contributed by atoms with E-state index in [1.54, 1.807) is 4.90 Å². The Hall–Kier alpha value is -1.34. The van der Waals surface area contributed by atoms with E-state index in [2.05, 4.69) is 5.32 Å². The number of urea groups is 1. The normalized spacial score (nSPS) is 23.6. The lowest BCUT2D eigenvalue weighted by molar-refractivity contribution is -0.142. The number of hydrogen-bond donors (Lipinski definition) is 2. The number of amides is 2. The monoisotopic (exact) mass is 287 g/mol. The Kier molecular flexibility index (Phi) is 6.22. The maximum Gasteiger partial charge on any atom is 0.317 e. The number of carboxylic acid groups (broad SMARTS) is 1. The summed E-state index contributed by atoms with van der Waals surface area (Å²) in [6.45, 7) is 5.39. The van der Waals surface area contributed by atoms with Crippen LogP contribution in [0.2, 0.25) is 0 Å². The fourth-order valence-electron chi connectivity index (χ4n) is 2.50. The molecule has 7 heteroatoms. The van der Waals surface area contributed by atoms with Crippen LogP contribution in [0.4, 0.5) is 4.79 Å². The van der Waals surface area contributed by atoms with Crippen molar-refractivity contribution in [2.24, 2.45) is 5.92 Å². The molecule has 1 rings (SSSR count). The first-order valence-electron chi connectivity index (χ1n) is 6.89. The summed E-state index contributed by atoms with van der Waals surface area (Å²) in [5, 5.41) is 12.1. The second-order valence-corrected chi connectivity index (χ2v) is 5.45. The zero-order chi connectivity index (χ0) is 15.3. The Bertz CT molecular complexity index is 349. The van der Waals surface area contributed by atoms with Gasteiger partial charge in [0.25, 0.3) is 0 Å². The van der Waals surface area contributed by atoms with Crippen molar-refractivity contribution in [3.05, 3.63) is 0 Å². The fraction of sp³-hybridized carbons (Fsp3) is 0.846. The van der Waals surface area contributed by atoms with Crippen LogP contribution < -0.4 is 5.32 Å². The Balaban J connectivity index is 2.65. The fourth-order valence-corrected chi connectivity index (χ4v) is 2.50. The molecule has 3 atom stereocenters. The van der Waals surface area contributed by atoms with Gasteiger partial charge in [0.15, 0.2) is 0 Å². The molecule has 0 spiro atoms. The topological polar surface area (TPSA) is 82.1 Å². The van der Waals surface area contributed by atoms with Gasteiger partial charge in [0.05, 0.1) is 19.3 Å². The van der Waals surface area contributed by atoms with Gasteiger partial charge in [0, 0.05) is 19.1 Å². The number of nitrogens with one attached hydrogen (secondary N) is 1. The summed E-state index contributed by atoms with van der Waals surface area (Å²) < 4.78 is 5.22. The van der Waals surface area contributed by atoms with Crippen molar-refractivity contribution in [2.75, 3.05) is 40.4 Å². The summed E-state index contributed by atoms with van der Waals surface area (Å²) in [7, 11) is 3.87. The summed E-state index contributed by atoms with van der Waals surface area (Å²) in [6, 6.07) is -0.634. The third kappa shape index (κ3) is 4.35. The second kappa shape index (κ2) is 7.44. The highest BCUT2D eigenvalue weighted by Gasteiger charge is 2.39. The van der Waals surface area contributed by atoms with Crippen molar-refractivity contribution >= 4 is 12.0 Å². The largest absolute Gasteiger partial charge is 0.481 e. The first kappa shape index (κ1) is 16.7. The first-order valence-corrected chi connectivity index (χ1v) is 6.89. The molecule has 7 nitrogen and oxygen atoms in total. The van der Waals surface area contributed by atoms with Crippen LogP contribution in [0, 0.1) is 5.92 Å². The van der Waals surface area contributed by atoms with E-state index < -0.39 is 17.9 Å². The molecule has 0 bridgehead atoms. The summed E-state index contributed by atoms with van der Waals surface area (Å²) in [6.07, 6.45) is 0. The highest BCUT2D eigenvalue weighted by atomic mass is 16.5. The number of ether oxygens (including phenoxy) is 1. The van der Waals surface area contributed by atoms with Crippen LogP contribution in [0.25, 0.3) is 0 Å². The SMILES string of the molecule is CCN(C(=O)NC(C)CN(C)C)C1COCC1C(=O)O. The summed E-state index contributed by atoms with van der Waals surface area (Å²) in [5.74, 6) is -1.56. The average molecular weight is 287 g/mol. The Morgan fingerprint density at radius 1 is 1.40 bits per heavy atom. The van der Waals surface area contributed by atoms with E-state index in [0.717, 1.165) is 6.54 Å². The van der Waals surface area contributed by atoms with Crippen molar-refractivity contribution in [2.45, 2.75) is 25.9 Å².